The molecular weight excluding hydrogens is 292 g/mol. The monoisotopic (exact) mass is 334 g/mol. The van der Waals surface area contributed by atoms with Crippen LogP contribution in [0.5, 0.6) is 0 Å². The molecule has 1 heteroatoms. The minimum Gasteiger partial charge on any atom is -0.385 e. The molecule has 1 aliphatic carbocycles. The molecule has 1 aliphatic rings. The summed E-state index contributed by atoms with van der Waals surface area (Å²) >= 11 is 0. The SMILES string of the molecule is CCCCC1C=CC=CC1(O)C(CCCC)(CCCC)CCCC. The van der Waals surface area contributed by atoms with Crippen LogP contribution in [0.1, 0.15) is 105 Å². The molecule has 0 aromatic heterocycles. The van der Waals surface area contributed by atoms with Crippen molar-refractivity contribution in [1.82, 2.24) is 0 Å². The van der Waals surface area contributed by atoms with Crippen molar-refractivity contribution >= 4 is 0 Å². The Kier molecular flexibility index (Phi) is 9.96. The van der Waals surface area contributed by atoms with E-state index in [9.17, 15) is 5.11 Å². The van der Waals surface area contributed by atoms with Gasteiger partial charge in [-0.25, -0.2) is 0 Å². The summed E-state index contributed by atoms with van der Waals surface area (Å²) in [5, 5.41) is 12.0. The first-order valence-electron chi connectivity index (χ1n) is 10.7. The van der Waals surface area contributed by atoms with E-state index in [1.165, 1.54) is 70.6 Å². The fourth-order valence-corrected chi connectivity index (χ4v) is 4.50. The van der Waals surface area contributed by atoms with Gasteiger partial charge in [-0.1, -0.05) is 103 Å². The van der Waals surface area contributed by atoms with Crippen LogP contribution in [0.2, 0.25) is 0 Å². The highest BCUT2D eigenvalue weighted by Gasteiger charge is 2.51. The molecule has 0 heterocycles. The molecule has 0 aromatic carbocycles. The van der Waals surface area contributed by atoms with Gasteiger partial charge in [0, 0.05) is 11.3 Å². The van der Waals surface area contributed by atoms with Crippen LogP contribution in [-0.4, -0.2) is 10.7 Å². The maximum Gasteiger partial charge on any atom is 0.0948 e. The average Bonchev–Trinajstić information content (AvgIpc) is 2.60. The third-order valence-corrected chi connectivity index (χ3v) is 6.12. The maximum absolute atomic E-state index is 12.0. The lowest BCUT2D eigenvalue weighted by molar-refractivity contribution is -0.0968. The lowest BCUT2D eigenvalue weighted by atomic mass is 9.57. The second-order valence-corrected chi connectivity index (χ2v) is 7.91. The second kappa shape index (κ2) is 11.1. The van der Waals surface area contributed by atoms with Crippen LogP contribution in [0.25, 0.3) is 0 Å². The molecule has 24 heavy (non-hydrogen) atoms. The Morgan fingerprint density at radius 2 is 1.29 bits per heavy atom. The van der Waals surface area contributed by atoms with Crippen LogP contribution in [-0.2, 0) is 0 Å². The maximum atomic E-state index is 12.0. The third-order valence-electron chi connectivity index (χ3n) is 6.12. The minimum atomic E-state index is -0.656. The Bertz CT molecular complexity index is 360. The van der Waals surface area contributed by atoms with E-state index in [1.807, 2.05) is 0 Å². The fourth-order valence-electron chi connectivity index (χ4n) is 4.50. The van der Waals surface area contributed by atoms with Crippen LogP contribution in [0.15, 0.2) is 24.3 Å². The molecule has 1 nitrogen and oxygen atoms in total. The molecule has 0 saturated carbocycles. The predicted molar refractivity (Wildman–Crippen MR) is 107 cm³/mol. The molecule has 1 rings (SSSR count). The molecule has 0 bridgehead atoms. The largest absolute Gasteiger partial charge is 0.385 e. The van der Waals surface area contributed by atoms with Crippen molar-refractivity contribution in [2.24, 2.45) is 11.3 Å². The number of unbranched alkanes of at least 4 members (excludes halogenated alkanes) is 4. The Morgan fingerprint density at radius 1 is 0.792 bits per heavy atom. The van der Waals surface area contributed by atoms with Crippen LogP contribution in [0.3, 0.4) is 0 Å². The normalized spacial score (nSPS) is 23.8. The lowest BCUT2D eigenvalue weighted by Crippen LogP contribution is -2.52. The third kappa shape index (κ3) is 5.22. The summed E-state index contributed by atoms with van der Waals surface area (Å²) in [5.74, 6) is 0.285. The van der Waals surface area contributed by atoms with Gasteiger partial charge in [0.15, 0.2) is 0 Å². The number of aliphatic hydroxyl groups is 1. The highest BCUT2D eigenvalue weighted by molar-refractivity contribution is 5.26. The highest BCUT2D eigenvalue weighted by atomic mass is 16.3. The first-order valence-corrected chi connectivity index (χ1v) is 10.7. The summed E-state index contributed by atoms with van der Waals surface area (Å²) < 4.78 is 0. The standard InChI is InChI=1S/C23H42O/c1-5-9-15-21-16-13-14-20-23(21,24)22(17-10-6-2,18-11-7-3)19-12-8-4/h13-14,16,20-21,24H,5-12,15,17-19H2,1-4H3. The van der Waals surface area contributed by atoms with Gasteiger partial charge in [0.2, 0.25) is 0 Å². The van der Waals surface area contributed by atoms with Crippen LogP contribution < -0.4 is 0 Å². The van der Waals surface area contributed by atoms with Crippen LogP contribution >= 0.6 is 0 Å². The number of hydrogen-bond donors (Lipinski definition) is 1. The average molecular weight is 335 g/mol. The summed E-state index contributed by atoms with van der Waals surface area (Å²) in [7, 11) is 0. The molecule has 2 unspecified atom stereocenters. The molecule has 0 radical (unpaired) electrons. The van der Waals surface area contributed by atoms with E-state index in [2.05, 4.69) is 52.0 Å². The summed E-state index contributed by atoms with van der Waals surface area (Å²) in [6.07, 6.45) is 23.1. The van der Waals surface area contributed by atoms with Crippen molar-refractivity contribution in [2.45, 2.75) is 110 Å². The highest BCUT2D eigenvalue weighted by Crippen LogP contribution is 2.52. The van der Waals surface area contributed by atoms with E-state index in [4.69, 9.17) is 0 Å². The number of rotatable bonds is 13. The first kappa shape index (κ1) is 21.5. The van der Waals surface area contributed by atoms with Gasteiger partial charge in [-0.15, -0.1) is 0 Å². The van der Waals surface area contributed by atoms with Gasteiger partial charge in [0.05, 0.1) is 5.60 Å². The molecule has 2 atom stereocenters. The van der Waals surface area contributed by atoms with Crippen molar-refractivity contribution in [3.63, 3.8) is 0 Å². The second-order valence-electron chi connectivity index (χ2n) is 7.91. The molecule has 0 saturated heterocycles. The molecule has 0 fully saturated rings. The Balaban J connectivity index is 3.17. The van der Waals surface area contributed by atoms with Crippen molar-refractivity contribution < 1.29 is 5.11 Å². The van der Waals surface area contributed by atoms with Gasteiger partial charge < -0.3 is 5.11 Å². The zero-order valence-corrected chi connectivity index (χ0v) is 16.8. The zero-order valence-electron chi connectivity index (χ0n) is 16.8. The number of hydrogen-bond acceptors (Lipinski definition) is 1. The van der Waals surface area contributed by atoms with Crippen molar-refractivity contribution in [2.75, 3.05) is 0 Å². The van der Waals surface area contributed by atoms with E-state index in [1.54, 1.807) is 0 Å². The van der Waals surface area contributed by atoms with Crippen LogP contribution in [0.4, 0.5) is 0 Å². The van der Waals surface area contributed by atoms with Gasteiger partial charge in [0.25, 0.3) is 0 Å². The van der Waals surface area contributed by atoms with Gasteiger partial charge in [0.1, 0.15) is 0 Å². The Hall–Kier alpha value is -0.560. The molecule has 0 aliphatic heterocycles. The molecular formula is C23H42O. The van der Waals surface area contributed by atoms with Crippen molar-refractivity contribution in [3.8, 4) is 0 Å². The summed E-state index contributed by atoms with van der Waals surface area (Å²) in [4.78, 5) is 0. The van der Waals surface area contributed by atoms with Gasteiger partial charge in [-0.2, -0.15) is 0 Å². The quantitative estimate of drug-likeness (QED) is 0.377. The van der Waals surface area contributed by atoms with E-state index in [-0.39, 0.29) is 11.3 Å². The van der Waals surface area contributed by atoms with Gasteiger partial charge in [-0.05, 0) is 25.7 Å². The van der Waals surface area contributed by atoms with E-state index >= 15 is 0 Å². The topological polar surface area (TPSA) is 20.2 Å². The molecule has 0 aromatic rings. The fraction of sp³-hybridized carbons (Fsp3) is 0.826. The first-order chi connectivity index (χ1) is 11.6. The zero-order chi connectivity index (χ0) is 17.9. The Morgan fingerprint density at radius 3 is 1.75 bits per heavy atom. The van der Waals surface area contributed by atoms with Gasteiger partial charge in [-0.3, -0.25) is 0 Å². The van der Waals surface area contributed by atoms with Gasteiger partial charge >= 0.3 is 0 Å². The molecule has 1 N–H and O–H groups in total. The van der Waals surface area contributed by atoms with Crippen molar-refractivity contribution in [3.05, 3.63) is 24.3 Å². The van der Waals surface area contributed by atoms with Crippen molar-refractivity contribution in [1.29, 1.82) is 0 Å². The summed E-state index contributed by atoms with van der Waals surface area (Å²) in [5.41, 5.74) is -0.606. The predicted octanol–water partition coefficient (Wildman–Crippen LogP) is 7.21. The summed E-state index contributed by atoms with van der Waals surface area (Å²) in [6, 6.07) is 0. The van der Waals surface area contributed by atoms with E-state index in [0.717, 1.165) is 6.42 Å². The molecule has 0 spiro atoms. The molecule has 0 amide bonds. The van der Waals surface area contributed by atoms with E-state index in [0.29, 0.717) is 0 Å². The number of allylic oxidation sites excluding steroid dienone is 2. The molecule has 140 valence electrons. The Labute approximate surface area is 151 Å². The smallest absolute Gasteiger partial charge is 0.0948 e. The minimum absolute atomic E-state index is 0.0503. The summed E-state index contributed by atoms with van der Waals surface area (Å²) in [6.45, 7) is 9.08. The van der Waals surface area contributed by atoms with Crippen LogP contribution in [0, 0.1) is 11.3 Å². The lowest BCUT2D eigenvalue weighted by Gasteiger charge is -2.51. The van der Waals surface area contributed by atoms with E-state index < -0.39 is 5.60 Å².